The monoisotopic (exact) mass is 648 g/mol. The van der Waals surface area contributed by atoms with E-state index >= 15 is 0 Å². The first-order valence-corrected chi connectivity index (χ1v) is 16.9. The third kappa shape index (κ3) is 3.13. The van der Waals surface area contributed by atoms with Crippen LogP contribution in [0.1, 0.15) is 45.6 Å². The largest absolute Gasteiger partial charge is 0.486 e. The summed E-state index contributed by atoms with van der Waals surface area (Å²) < 4.78 is 24.9. The topological polar surface area (TPSA) is 75.0 Å². The highest BCUT2D eigenvalue weighted by Crippen LogP contribution is 2.90. The van der Waals surface area contributed by atoms with Crippen molar-refractivity contribution in [2.75, 3.05) is 13.2 Å². The molecule has 0 radical (unpaired) electrons. The Labute approximate surface area is 284 Å². The number of benzene rings is 2. The molecule has 5 aliphatic carbocycles. The van der Waals surface area contributed by atoms with Crippen molar-refractivity contribution in [2.45, 2.75) is 45.6 Å². The minimum absolute atomic E-state index is 0.144. The van der Waals surface area contributed by atoms with E-state index in [0.29, 0.717) is 17.8 Å². The molecule has 0 N–H and O–H groups in total. The Bertz CT molecular complexity index is 2370. The highest BCUT2D eigenvalue weighted by molar-refractivity contribution is 6.00. The lowest BCUT2D eigenvalue weighted by atomic mass is 9.25. The van der Waals surface area contributed by atoms with Gasteiger partial charge in [-0.25, -0.2) is 9.59 Å². The van der Waals surface area contributed by atoms with E-state index in [4.69, 9.17) is 18.6 Å². The number of para-hydroxylation sites is 2. The van der Waals surface area contributed by atoms with Crippen LogP contribution in [-0.2, 0) is 9.53 Å². The van der Waals surface area contributed by atoms with E-state index in [2.05, 4.69) is 59.1 Å². The van der Waals surface area contributed by atoms with Crippen LogP contribution >= 0.6 is 0 Å². The van der Waals surface area contributed by atoms with Gasteiger partial charge < -0.3 is 18.6 Å². The van der Waals surface area contributed by atoms with Crippen LogP contribution in [-0.4, -0.2) is 24.8 Å². The summed E-state index contributed by atoms with van der Waals surface area (Å²) in [6, 6.07) is 16.9. The van der Waals surface area contributed by atoms with Crippen molar-refractivity contribution in [1.82, 2.24) is 0 Å². The number of carbonyl (C=O) groups excluding carboxylic acids is 1. The molecule has 1 saturated carbocycles. The molecule has 4 atom stereocenters. The fourth-order valence-electron chi connectivity index (χ4n) is 10.6. The Hall–Kier alpha value is -5.20. The van der Waals surface area contributed by atoms with E-state index in [0.717, 1.165) is 44.4 Å². The Kier molecular flexibility index (Phi) is 6.06. The molecule has 1 aromatic heterocycles. The van der Waals surface area contributed by atoms with Crippen LogP contribution in [0.25, 0.3) is 11.0 Å². The molecule has 2 spiro atoms. The number of allylic oxidation sites excluding steroid dienone is 12. The van der Waals surface area contributed by atoms with E-state index in [1.54, 1.807) is 12.1 Å². The SMILES string of the molecule is C=CC1=C2C=CC3=C(C=C)C(C)=C4C(C)=C(C)C(=C1C)C21C2c5ccccc5OC(=O)C2(OCCCOc2cc5ccccc5oc2=O)C341. The molecule has 0 amide bonds. The molecule has 6 heteroatoms. The first-order chi connectivity index (χ1) is 23.7. The molecule has 1 fully saturated rings. The van der Waals surface area contributed by atoms with Crippen LogP contribution in [0.4, 0.5) is 0 Å². The smallest absolute Gasteiger partial charge is 0.379 e. The minimum atomic E-state index is -1.39. The van der Waals surface area contributed by atoms with Gasteiger partial charge >= 0.3 is 11.6 Å². The number of fused-ring (bicyclic) bond motifs is 4. The van der Waals surface area contributed by atoms with Gasteiger partial charge in [-0.15, -0.1) is 0 Å². The second-order valence-corrected chi connectivity index (χ2v) is 13.8. The lowest BCUT2D eigenvalue weighted by molar-refractivity contribution is -0.255. The van der Waals surface area contributed by atoms with Gasteiger partial charge in [-0.3, -0.25) is 0 Å². The average molecular weight is 649 g/mol. The highest BCUT2D eigenvalue weighted by atomic mass is 16.6. The molecule has 0 saturated heterocycles. The van der Waals surface area contributed by atoms with Gasteiger partial charge in [-0.1, -0.05) is 73.9 Å². The van der Waals surface area contributed by atoms with Gasteiger partial charge in [0, 0.05) is 28.7 Å². The molecule has 4 unspecified atom stereocenters. The maximum Gasteiger partial charge on any atom is 0.379 e. The van der Waals surface area contributed by atoms with Crippen molar-refractivity contribution in [3.8, 4) is 11.5 Å². The summed E-state index contributed by atoms with van der Waals surface area (Å²) in [6.07, 6.45) is 8.73. The third-order valence-corrected chi connectivity index (χ3v) is 12.1. The Morgan fingerprint density at radius 1 is 0.816 bits per heavy atom. The van der Waals surface area contributed by atoms with Crippen molar-refractivity contribution in [3.05, 3.63) is 164 Å². The molecule has 244 valence electrons. The lowest BCUT2D eigenvalue weighted by Crippen LogP contribution is -2.83. The second-order valence-electron chi connectivity index (χ2n) is 13.8. The first kappa shape index (κ1) is 29.9. The maximum absolute atomic E-state index is 15.0. The summed E-state index contributed by atoms with van der Waals surface area (Å²) in [5.41, 5.74) is 9.41. The summed E-state index contributed by atoms with van der Waals surface area (Å²) in [5, 5.41) is 0.780. The molecule has 1 aliphatic heterocycles. The molecule has 49 heavy (non-hydrogen) atoms. The molecular formula is C43H36O6. The molecule has 6 nitrogen and oxygen atoms in total. The summed E-state index contributed by atoms with van der Waals surface area (Å²) in [6.45, 7) is 17.6. The number of rotatable bonds is 8. The Morgan fingerprint density at radius 3 is 2.29 bits per heavy atom. The van der Waals surface area contributed by atoms with E-state index in [9.17, 15) is 9.59 Å². The fraction of sp³-hybridized carbons (Fsp3) is 0.256. The van der Waals surface area contributed by atoms with E-state index in [1.165, 1.54) is 22.3 Å². The van der Waals surface area contributed by atoms with Crippen LogP contribution in [0.3, 0.4) is 0 Å². The summed E-state index contributed by atoms with van der Waals surface area (Å²) in [5.74, 6) is -0.0558. The number of esters is 1. The van der Waals surface area contributed by atoms with Gasteiger partial charge in [-0.05, 0) is 102 Å². The molecule has 0 bridgehead atoms. The van der Waals surface area contributed by atoms with Gasteiger partial charge in [-0.2, -0.15) is 0 Å². The van der Waals surface area contributed by atoms with Gasteiger partial charge in [0.2, 0.25) is 5.75 Å². The first-order valence-electron chi connectivity index (χ1n) is 16.9. The zero-order valence-corrected chi connectivity index (χ0v) is 28.1. The molecular weight excluding hydrogens is 612 g/mol. The molecule has 6 aliphatic rings. The van der Waals surface area contributed by atoms with Gasteiger partial charge in [0.15, 0.2) is 5.60 Å². The maximum atomic E-state index is 15.0. The third-order valence-electron chi connectivity index (χ3n) is 12.1. The normalized spacial score (nSPS) is 28.7. The van der Waals surface area contributed by atoms with Crippen molar-refractivity contribution in [1.29, 1.82) is 0 Å². The van der Waals surface area contributed by atoms with Crippen molar-refractivity contribution in [2.24, 2.45) is 10.8 Å². The molecule has 3 aromatic rings. The number of ether oxygens (including phenoxy) is 3. The number of hydrogen-bond acceptors (Lipinski definition) is 6. The van der Waals surface area contributed by atoms with Crippen molar-refractivity contribution < 1.29 is 23.4 Å². The van der Waals surface area contributed by atoms with Crippen molar-refractivity contribution in [3.63, 3.8) is 0 Å². The molecule has 2 aromatic carbocycles. The van der Waals surface area contributed by atoms with Crippen LogP contribution < -0.4 is 15.1 Å². The Morgan fingerprint density at radius 2 is 1.49 bits per heavy atom. The van der Waals surface area contributed by atoms with E-state index in [-0.39, 0.29) is 24.9 Å². The predicted octanol–water partition coefficient (Wildman–Crippen LogP) is 8.55. The zero-order chi connectivity index (χ0) is 34.0. The quantitative estimate of drug-likeness (QED) is 0.106. The van der Waals surface area contributed by atoms with Gasteiger partial charge in [0.25, 0.3) is 0 Å². The summed E-state index contributed by atoms with van der Waals surface area (Å²) in [7, 11) is 0. The lowest BCUT2D eigenvalue weighted by Gasteiger charge is -2.77. The van der Waals surface area contributed by atoms with Crippen LogP contribution in [0.15, 0.2) is 157 Å². The summed E-state index contributed by atoms with van der Waals surface area (Å²) in [4.78, 5) is 27.6. The van der Waals surface area contributed by atoms with Crippen molar-refractivity contribution >= 4 is 16.9 Å². The molecule has 9 rings (SSSR count). The predicted molar refractivity (Wildman–Crippen MR) is 188 cm³/mol. The Balaban J connectivity index is 1.21. The molecule has 2 heterocycles. The van der Waals surface area contributed by atoms with Crippen LogP contribution in [0, 0.1) is 10.8 Å². The average Bonchev–Trinajstić information content (AvgIpc) is 3.53. The fourth-order valence-corrected chi connectivity index (χ4v) is 10.6. The summed E-state index contributed by atoms with van der Waals surface area (Å²) >= 11 is 0. The van der Waals surface area contributed by atoms with Gasteiger partial charge in [0.1, 0.15) is 11.3 Å². The van der Waals surface area contributed by atoms with Crippen LogP contribution in [0.2, 0.25) is 0 Å². The highest BCUT2D eigenvalue weighted by Gasteiger charge is 2.92. The standard InChI is InChI=1S/C43H36O6/c1-7-28-25(5)36-23(3)24(4)37-26(6)29(8-2)32-19-18-31(28)41(36)38-30-15-10-12-17-34(30)49-40(45)43(38,42(32,37)41)47-21-13-20-46-35-22-27-14-9-11-16-33(27)48-39(35)44/h7-12,14-19,22,38H,1-2,13,20-21H2,3-6H3. The van der Waals surface area contributed by atoms with Crippen LogP contribution in [0.5, 0.6) is 11.5 Å². The number of carbonyl (C=O) groups is 1. The van der Waals surface area contributed by atoms with Gasteiger partial charge in [0.05, 0.1) is 18.6 Å². The van der Waals surface area contributed by atoms with E-state index < -0.39 is 28.0 Å². The minimum Gasteiger partial charge on any atom is -0.486 e. The number of hydrogen-bond donors (Lipinski definition) is 0. The zero-order valence-electron chi connectivity index (χ0n) is 28.1. The second kappa shape index (κ2) is 9.93. The van der Waals surface area contributed by atoms with E-state index in [1.807, 2.05) is 48.6 Å².